The van der Waals surface area contributed by atoms with Crippen LogP contribution in [0.1, 0.15) is 31.1 Å². The average molecular weight is 391 g/mol. The Morgan fingerprint density at radius 3 is 2.26 bits per heavy atom. The number of benzene rings is 2. The molecule has 144 valence electrons. The normalized spacial score (nSPS) is 13.4. The number of amides is 1. The van der Waals surface area contributed by atoms with E-state index in [2.05, 4.69) is 10.0 Å². The number of nitrogens with two attached hydrogens (primary N) is 1. The standard InChI is InChI=1S/C18H21N3O5S/c1-18(2,3)21-27(23,24)12-6-4-11(5-7-12)17(22)20-14-9-16-15(8-13(14)19)25-10-26-16/h4-9,21H,10,19H2,1-3H3,(H,20,22). The van der Waals surface area contributed by atoms with Crippen LogP contribution in [0.15, 0.2) is 41.3 Å². The maximum absolute atomic E-state index is 12.5. The molecule has 0 saturated heterocycles. The highest BCUT2D eigenvalue weighted by molar-refractivity contribution is 7.89. The molecule has 0 unspecified atom stereocenters. The number of nitrogen functional groups attached to an aromatic ring is 1. The first-order chi connectivity index (χ1) is 12.5. The number of fused-ring (bicyclic) bond motifs is 1. The molecule has 0 aromatic heterocycles. The molecule has 0 aliphatic carbocycles. The van der Waals surface area contributed by atoms with Crippen LogP contribution in [-0.4, -0.2) is 26.7 Å². The van der Waals surface area contributed by atoms with Crippen molar-refractivity contribution in [3.63, 3.8) is 0 Å². The summed E-state index contributed by atoms with van der Waals surface area (Å²) in [4.78, 5) is 12.5. The third kappa shape index (κ3) is 4.32. The zero-order valence-corrected chi connectivity index (χ0v) is 16.0. The second-order valence-electron chi connectivity index (χ2n) is 7.13. The van der Waals surface area contributed by atoms with Gasteiger partial charge in [0.15, 0.2) is 11.5 Å². The monoisotopic (exact) mass is 391 g/mol. The number of anilines is 2. The summed E-state index contributed by atoms with van der Waals surface area (Å²) >= 11 is 0. The summed E-state index contributed by atoms with van der Waals surface area (Å²) in [5.41, 5.74) is 6.33. The molecule has 4 N–H and O–H groups in total. The zero-order chi connectivity index (χ0) is 19.8. The van der Waals surface area contributed by atoms with Crippen molar-refractivity contribution in [2.75, 3.05) is 17.8 Å². The van der Waals surface area contributed by atoms with Crippen molar-refractivity contribution in [3.05, 3.63) is 42.0 Å². The molecule has 3 rings (SSSR count). The number of carbonyl (C=O) groups is 1. The topological polar surface area (TPSA) is 120 Å². The van der Waals surface area contributed by atoms with Crippen LogP contribution >= 0.6 is 0 Å². The molecular weight excluding hydrogens is 370 g/mol. The number of carbonyl (C=O) groups excluding carboxylic acids is 1. The first-order valence-electron chi connectivity index (χ1n) is 8.20. The maximum atomic E-state index is 12.5. The minimum atomic E-state index is -3.67. The van der Waals surface area contributed by atoms with Gasteiger partial charge >= 0.3 is 0 Å². The zero-order valence-electron chi connectivity index (χ0n) is 15.2. The second-order valence-corrected chi connectivity index (χ2v) is 8.81. The van der Waals surface area contributed by atoms with E-state index >= 15 is 0 Å². The molecule has 9 heteroatoms. The van der Waals surface area contributed by atoms with Crippen molar-refractivity contribution in [2.45, 2.75) is 31.2 Å². The summed E-state index contributed by atoms with van der Waals surface area (Å²) in [7, 11) is -3.67. The van der Waals surface area contributed by atoms with Gasteiger partial charge < -0.3 is 20.5 Å². The molecule has 0 spiro atoms. The second kappa shape index (κ2) is 6.75. The van der Waals surface area contributed by atoms with Crippen LogP contribution in [0.4, 0.5) is 11.4 Å². The van der Waals surface area contributed by atoms with Crippen molar-refractivity contribution < 1.29 is 22.7 Å². The molecule has 2 aromatic carbocycles. The van der Waals surface area contributed by atoms with E-state index in [4.69, 9.17) is 15.2 Å². The van der Waals surface area contributed by atoms with Crippen LogP contribution in [-0.2, 0) is 10.0 Å². The Labute approximate surface area is 157 Å². The van der Waals surface area contributed by atoms with E-state index in [0.717, 1.165) is 0 Å². The van der Waals surface area contributed by atoms with Gasteiger partial charge in [0.2, 0.25) is 16.8 Å². The smallest absolute Gasteiger partial charge is 0.255 e. The van der Waals surface area contributed by atoms with Crippen LogP contribution in [0.25, 0.3) is 0 Å². The molecule has 1 heterocycles. The van der Waals surface area contributed by atoms with E-state index in [-0.39, 0.29) is 11.7 Å². The van der Waals surface area contributed by atoms with Crippen molar-refractivity contribution in [2.24, 2.45) is 0 Å². The SMILES string of the molecule is CC(C)(C)NS(=O)(=O)c1ccc(C(=O)Nc2cc3c(cc2N)OCO3)cc1. The van der Waals surface area contributed by atoms with E-state index in [1.807, 2.05) is 0 Å². The highest BCUT2D eigenvalue weighted by atomic mass is 32.2. The molecule has 1 amide bonds. The van der Waals surface area contributed by atoms with Crippen LogP contribution in [0, 0.1) is 0 Å². The molecule has 1 aliphatic heterocycles. The summed E-state index contributed by atoms with van der Waals surface area (Å²) in [6.45, 7) is 5.36. The van der Waals surface area contributed by atoms with E-state index < -0.39 is 21.5 Å². The Balaban J connectivity index is 1.77. The van der Waals surface area contributed by atoms with Gasteiger partial charge in [-0.15, -0.1) is 0 Å². The highest BCUT2D eigenvalue weighted by Gasteiger charge is 2.22. The molecule has 8 nitrogen and oxygen atoms in total. The largest absolute Gasteiger partial charge is 0.454 e. The van der Waals surface area contributed by atoms with Gasteiger partial charge in [-0.2, -0.15) is 0 Å². The van der Waals surface area contributed by atoms with Gasteiger partial charge in [-0.3, -0.25) is 4.79 Å². The van der Waals surface area contributed by atoms with Crippen molar-refractivity contribution in [3.8, 4) is 11.5 Å². The van der Waals surface area contributed by atoms with Crippen LogP contribution in [0.3, 0.4) is 0 Å². The fourth-order valence-electron chi connectivity index (χ4n) is 2.51. The molecule has 27 heavy (non-hydrogen) atoms. The van der Waals surface area contributed by atoms with Gasteiger partial charge in [-0.25, -0.2) is 13.1 Å². The van der Waals surface area contributed by atoms with Gasteiger partial charge in [-0.05, 0) is 45.0 Å². The van der Waals surface area contributed by atoms with Crippen LogP contribution in [0.5, 0.6) is 11.5 Å². The Bertz CT molecular complexity index is 979. The molecule has 0 radical (unpaired) electrons. The first-order valence-corrected chi connectivity index (χ1v) is 9.68. The molecule has 0 bridgehead atoms. The number of ether oxygens (including phenoxy) is 2. The van der Waals surface area contributed by atoms with Crippen LogP contribution in [0.2, 0.25) is 0 Å². The number of hydrogen-bond donors (Lipinski definition) is 3. The third-order valence-corrected chi connectivity index (χ3v) is 5.43. The van der Waals surface area contributed by atoms with Crippen molar-refractivity contribution in [1.82, 2.24) is 4.72 Å². The Kier molecular flexibility index (Phi) is 4.75. The molecular formula is C18H21N3O5S. The quantitative estimate of drug-likeness (QED) is 0.688. The van der Waals surface area contributed by atoms with Crippen molar-refractivity contribution in [1.29, 1.82) is 0 Å². The fraction of sp³-hybridized carbons (Fsp3) is 0.278. The number of nitrogens with one attached hydrogen (secondary N) is 2. The maximum Gasteiger partial charge on any atom is 0.255 e. The average Bonchev–Trinajstić information content (AvgIpc) is 3.00. The molecule has 0 fully saturated rings. The lowest BCUT2D eigenvalue weighted by atomic mass is 10.1. The summed E-state index contributed by atoms with van der Waals surface area (Å²) in [5.74, 6) is 0.592. The molecule has 0 saturated carbocycles. The lowest BCUT2D eigenvalue weighted by Gasteiger charge is -2.20. The van der Waals surface area contributed by atoms with Gasteiger partial charge in [0.05, 0.1) is 16.3 Å². The highest BCUT2D eigenvalue weighted by Crippen LogP contribution is 2.38. The summed E-state index contributed by atoms with van der Waals surface area (Å²) in [6, 6.07) is 8.80. The Hall–Kier alpha value is -2.78. The molecule has 0 atom stereocenters. The van der Waals surface area contributed by atoms with Crippen LogP contribution < -0.4 is 25.2 Å². The fourth-order valence-corrected chi connectivity index (χ4v) is 3.93. The minimum Gasteiger partial charge on any atom is -0.454 e. The van der Waals surface area contributed by atoms with Gasteiger partial charge in [0, 0.05) is 23.2 Å². The van der Waals surface area contributed by atoms with E-state index in [1.54, 1.807) is 32.9 Å². The van der Waals surface area contributed by atoms with E-state index in [1.165, 1.54) is 24.3 Å². The summed E-state index contributed by atoms with van der Waals surface area (Å²) in [6.07, 6.45) is 0. The third-order valence-electron chi connectivity index (χ3n) is 3.66. The van der Waals surface area contributed by atoms with Gasteiger partial charge in [-0.1, -0.05) is 0 Å². The Morgan fingerprint density at radius 1 is 1.07 bits per heavy atom. The summed E-state index contributed by atoms with van der Waals surface area (Å²) < 4.78 is 37.7. The van der Waals surface area contributed by atoms with Gasteiger partial charge in [0.25, 0.3) is 5.91 Å². The number of sulfonamides is 1. The minimum absolute atomic E-state index is 0.0802. The van der Waals surface area contributed by atoms with E-state index in [0.29, 0.717) is 28.4 Å². The summed E-state index contributed by atoms with van der Waals surface area (Å²) in [5, 5.41) is 2.69. The van der Waals surface area contributed by atoms with E-state index in [9.17, 15) is 13.2 Å². The van der Waals surface area contributed by atoms with Gasteiger partial charge in [0.1, 0.15) is 0 Å². The van der Waals surface area contributed by atoms with Crippen molar-refractivity contribution >= 4 is 27.3 Å². The molecule has 2 aromatic rings. The number of hydrogen-bond acceptors (Lipinski definition) is 6. The Morgan fingerprint density at radius 2 is 1.67 bits per heavy atom. The predicted octanol–water partition coefficient (Wildman–Crippen LogP) is 2.33. The lowest BCUT2D eigenvalue weighted by molar-refractivity contribution is 0.102. The molecule has 1 aliphatic rings. The lowest BCUT2D eigenvalue weighted by Crippen LogP contribution is -2.40. The first kappa shape index (κ1) is 19.0. The number of rotatable bonds is 4. The predicted molar refractivity (Wildman–Crippen MR) is 101 cm³/mol.